The van der Waals surface area contributed by atoms with E-state index in [1.165, 1.54) is 5.69 Å². The quantitative estimate of drug-likeness (QED) is 0.741. The zero-order valence-electron chi connectivity index (χ0n) is 9.86. The first-order valence-electron chi connectivity index (χ1n) is 5.52. The summed E-state index contributed by atoms with van der Waals surface area (Å²) in [6.45, 7) is 6.92. The van der Waals surface area contributed by atoms with Gasteiger partial charge in [0, 0.05) is 32.9 Å². The topological polar surface area (TPSA) is 39.1 Å². The molecule has 0 aliphatic carbocycles. The van der Waals surface area contributed by atoms with Gasteiger partial charge in [-0.05, 0) is 19.4 Å². The molecular formula is C11H21N3O. The molecule has 0 aromatic carbocycles. The normalized spacial score (nSPS) is 13.0. The van der Waals surface area contributed by atoms with Gasteiger partial charge < -0.3 is 10.1 Å². The summed E-state index contributed by atoms with van der Waals surface area (Å²) in [7, 11) is 1.73. The molecule has 1 atom stereocenters. The van der Waals surface area contributed by atoms with E-state index in [1.54, 1.807) is 7.11 Å². The minimum Gasteiger partial charge on any atom is -0.380 e. The Kier molecular flexibility index (Phi) is 5.36. The van der Waals surface area contributed by atoms with Gasteiger partial charge in [-0.25, -0.2) is 0 Å². The Hall–Kier alpha value is -0.870. The smallest absolute Gasteiger partial charge is 0.0667 e. The van der Waals surface area contributed by atoms with Crippen molar-refractivity contribution in [2.75, 3.05) is 13.7 Å². The molecule has 0 spiro atoms. The number of aromatic nitrogens is 2. The maximum atomic E-state index is 5.16. The highest BCUT2D eigenvalue weighted by molar-refractivity contribution is 4.99. The molecule has 15 heavy (non-hydrogen) atoms. The third-order valence-corrected chi connectivity index (χ3v) is 2.38. The van der Waals surface area contributed by atoms with E-state index < -0.39 is 0 Å². The van der Waals surface area contributed by atoms with Crippen LogP contribution < -0.4 is 5.32 Å². The number of hydrogen-bond donors (Lipinski definition) is 1. The van der Waals surface area contributed by atoms with Crippen molar-refractivity contribution in [2.45, 2.75) is 39.5 Å². The predicted molar refractivity (Wildman–Crippen MR) is 60.7 cm³/mol. The van der Waals surface area contributed by atoms with Crippen LogP contribution in [0.15, 0.2) is 12.3 Å². The van der Waals surface area contributed by atoms with Crippen LogP contribution in [-0.2, 0) is 17.8 Å². The Labute approximate surface area is 91.6 Å². The zero-order chi connectivity index (χ0) is 11.1. The van der Waals surface area contributed by atoms with Crippen molar-refractivity contribution in [1.82, 2.24) is 15.1 Å². The van der Waals surface area contributed by atoms with Crippen LogP contribution in [0.1, 0.15) is 26.0 Å². The minimum atomic E-state index is 0.257. The molecule has 4 heteroatoms. The van der Waals surface area contributed by atoms with Crippen LogP contribution in [0.25, 0.3) is 0 Å². The van der Waals surface area contributed by atoms with Gasteiger partial charge in [0.2, 0.25) is 0 Å². The van der Waals surface area contributed by atoms with Gasteiger partial charge in [0.1, 0.15) is 0 Å². The molecule has 0 saturated heterocycles. The summed E-state index contributed by atoms with van der Waals surface area (Å²) in [4.78, 5) is 0. The molecule has 0 saturated carbocycles. The summed E-state index contributed by atoms with van der Waals surface area (Å²) in [5.41, 5.74) is 1.24. The Morgan fingerprint density at radius 2 is 2.40 bits per heavy atom. The average Bonchev–Trinajstić information content (AvgIpc) is 2.66. The van der Waals surface area contributed by atoms with Gasteiger partial charge in [0.25, 0.3) is 0 Å². The number of hydrogen-bond acceptors (Lipinski definition) is 3. The van der Waals surface area contributed by atoms with E-state index >= 15 is 0 Å². The third kappa shape index (κ3) is 4.01. The molecule has 86 valence electrons. The van der Waals surface area contributed by atoms with E-state index in [4.69, 9.17) is 4.74 Å². The van der Waals surface area contributed by atoms with Crippen molar-refractivity contribution in [3.63, 3.8) is 0 Å². The van der Waals surface area contributed by atoms with Crippen LogP contribution >= 0.6 is 0 Å². The van der Waals surface area contributed by atoms with Gasteiger partial charge in [-0.3, -0.25) is 4.68 Å². The van der Waals surface area contributed by atoms with Crippen LogP contribution in [-0.4, -0.2) is 29.5 Å². The van der Waals surface area contributed by atoms with Gasteiger partial charge in [-0.2, -0.15) is 5.10 Å². The van der Waals surface area contributed by atoms with Crippen molar-refractivity contribution >= 4 is 0 Å². The zero-order valence-corrected chi connectivity index (χ0v) is 9.86. The second kappa shape index (κ2) is 6.58. The van der Waals surface area contributed by atoms with Gasteiger partial charge in [-0.1, -0.05) is 6.92 Å². The average molecular weight is 211 g/mol. The van der Waals surface area contributed by atoms with Crippen LogP contribution in [0.4, 0.5) is 0 Å². The van der Waals surface area contributed by atoms with Gasteiger partial charge in [0.05, 0.1) is 11.8 Å². The van der Waals surface area contributed by atoms with Crippen LogP contribution in [0.2, 0.25) is 0 Å². The molecule has 4 nitrogen and oxygen atoms in total. The van der Waals surface area contributed by atoms with E-state index in [-0.39, 0.29) is 6.10 Å². The summed E-state index contributed by atoms with van der Waals surface area (Å²) in [5, 5.41) is 7.62. The molecule has 1 N–H and O–H groups in total. The second-order valence-electron chi connectivity index (χ2n) is 3.72. The minimum absolute atomic E-state index is 0.257. The number of ether oxygens (including phenoxy) is 1. The monoisotopic (exact) mass is 211 g/mol. The molecule has 0 amide bonds. The van der Waals surface area contributed by atoms with Crippen molar-refractivity contribution in [3.8, 4) is 0 Å². The van der Waals surface area contributed by atoms with Crippen molar-refractivity contribution in [1.29, 1.82) is 0 Å². The highest BCUT2D eigenvalue weighted by Gasteiger charge is 2.02. The fourth-order valence-corrected chi connectivity index (χ4v) is 1.41. The molecule has 0 fully saturated rings. The van der Waals surface area contributed by atoms with Crippen LogP contribution in [0.5, 0.6) is 0 Å². The standard InChI is InChI=1S/C11H21N3O/c1-4-7-14-11(5-6-13-14)9-12-8-10(2)15-3/h5-6,10,12H,4,7-9H2,1-3H3. The largest absolute Gasteiger partial charge is 0.380 e. The Balaban J connectivity index is 2.33. The summed E-state index contributed by atoms with van der Waals surface area (Å²) >= 11 is 0. The van der Waals surface area contributed by atoms with E-state index in [0.29, 0.717) is 0 Å². The Morgan fingerprint density at radius 1 is 1.60 bits per heavy atom. The number of methoxy groups -OCH3 is 1. The summed E-state index contributed by atoms with van der Waals surface area (Å²) in [6, 6.07) is 2.06. The molecular weight excluding hydrogens is 190 g/mol. The summed E-state index contributed by atoms with van der Waals surface area (Å²) < 4.78 is 7.21. The van der Waals surface area contributed by atoms with Gasteiger partial charge in [0.15, 0.2) is 0 Å². The highest BCUT2D eigenvalue weighted by Crippen LogP contribution is 1.99. The Bertz CT molecular complexity index is 273. The predicted octanol–water partition coefficient (Wildman–Crippen LogP) is 1.42. The lowest BCUT2D eigenvalue weighted by Gasteiger charge is -2.11. The van der Waals surface area contributed by atoms with E-state index in [2.05, 4.69) is 30.3 Å². The summed E-state index contributed by atoms with van der Waals surface area (Å²) in [6.07, 6.45) is 3.22. The molecule has 1 unspecified atom stereocenters. The van der Waals surface area contributed by atoms with E-state index in [1.807, 2.05) is 10.9 Å². The van der Waals surface area contributed by atoms with Crippen molar-refractivity contribution in [3.05, 3.63) is 18.0 Å². The molecule has 1 heterocycles. The molecule has 1 rings (SSSR count). The maximum Gasteiger partial charge on any atom is 0.0667 e. The highest BCUT2D eigenvalue weighted by atomic mass is 16.5. The van der Waals surface area contributed by atoms with Crippen LogP contribution in [0, 0.1) is 0 Å². The second-order valence-corrected chi connectivity index (χ2v) is 3.72. The lowest BCUT2D eigenvalue weighted by molar-refractivity contribution is 0.117. The van der Waals surface area contributed by atoms with E-state index in [0.717, 1.165) is 26.1 Å². The summed E-state index contributed by atoms with van der Waals surface area (Å²) in [5.74, 6) is 0. The number of rotatable bonds is 7. The molecule has 0 bridgehead atoms. The molecule has 0 aliphatic rings. The first-order valence-corrected chi connectivity index (χ1v) is 5.52. The number of aryl methyl sites for hydroxylation is 1. The Morgan fingerprint density at radius 3 is 3.07 bits per heavy atom. The fourth-order valence-electron chi connectivity index (χ4n) is 1.41. The molecule has 0 radical (unpaired) electrons. The lowest BCUT2D eigenvalue weighted by atomic mass is 10.3. The first-order chi connectivity index (χ1) is 7.27. The molecule has 0 aliphatic heterocycles. The number of nitrogens with zero attached hydrogens (tertiary/aromatic N) is 2. The van der Waals surface area contributed by atoms with E-state index in [9.17, 15) is 0 Å². The van der Waals surface area contributed by atoms with Crippen molar-refractivity contribution < 1.29 is 4.74 Å². The SMILES string of the molecule is CCCn1nccc1CNCC(C)OC. The van der Waals surface area contributed by atoms with Crippen LogP contribution in [0.3, 0.4) is 0 Å². The lowest BCUT2D eigenvalue weighted by Crippen LogP contribution is -2.26. The van der Waals surface area contributed by atoms with Crippen molar-refractivity contribution in [2.24, 2.45) is 0 Å². The fraction of sp³-hybridized carbons (Fsp3) is 0.727. The van der Waals surface area contributed by atoms with Gasteiger partial charge in [-0.15, -0.1) is 0 Å². The molecule has 1 aromatic rings. The molecule has 1 aromatic heterocycles. The van der Waals surface area contributed by atoms with Gasteiger partial charge >= 0.3 is 0 Å². The number of nitrogens with one attached hydrogen (secondary N) is 1. The third-order valence-electron chi connectivity index (χ3n) is 2.38. The first kappa shape index (κ1) is 12.2. The maximum absolute atomic E-state index is 5.16.